The van der Waals surface area contributed by atoms with Crippen molar-refractivity contribution in [3.8, 4) is 0 Å². The third kappa shape index (κ3) is 5.56. The van der Waals surface area contributed by atoms with E-state index in [2.05, 4.69) is 65.4 Å². The summed E-state index contributed by atoms with van der Waals surface area (Å²) in [5, 5.41) is 12.5. The van der Waals surface area contributed by atoms with E-state index in [0.29, 0.717) is 17.6 Å². The molecule has 0 spiro atoms. The van der Waals surface area contributed by atoms with Crippen LogP contribution in [0.15, 0.2) is 37.5 Å². The molecule has 5 nitrogen and oxygen atoms in total. The molecule has 0 radical (unpaired) electrons. The van der Waals surface area contributed by atoms with Crippen LogP contribution >= 0.6 is 34.9 Å². The predicted octanol–water partition coefficient (Wildman–Crippen LogP) is 5.58. The van der Waals surface area contributed by atoms with Crippen LogP contribution in [0, 0.1) is 0 Å². The number of thioether (sulfide) groups is 2. The zero-order chi connectivity index (χ0) is 18.4. The highest BCUT2D eigenvalue weighted by Crippen LogP contribution is 2.32. The highest BCUT2D eigenvalue weighted by Gasteiger charge is 2.10. The molecule has 8 heteroatoms. The van der Waals surface area contributed by atoms with Gasteiger partial charge in [0, 0.05) is 12.2 Å². The molecule has 0 aliphatic rings. The summed E-state index contributed by atoms with van der Waals surface area (Å²) in [7, 11) is 0. The quantitative estimate of drug-likeness (QED) is 0.430. The zero-order valence-corrected chi connectivity index (χ0v) is 17.6. The zero-order valence-electron chi connectivity index (χ0n) is 15.1. The first kappa shape index (κ1) is 19.4. The van der Waals surface area contributed by atoms with Crippen LogP contribution in [-0.4, -0.2) is 20.3 Å². The largest absolute Gasteiger partial charge is 0.338 e. The van der Waals surface area contributed by atoms with Gasteiger partial charge < -0.3 is 4.52 Å². The summed E-state index contributed by atoms with van der Waals surface area (Å²) in [5.74, 6) is 3.53. The van der Waals surface area contributed by atoms with Gasteiger partial charge in [-0.3, -0.25) is 0 Å². The molecule has 0 N–H and O–H groups in total. The van der Waals surface area contributed by atoms with Gasteiger partial charge in [-0.25, -0.2) is 0 Å². The first-order chi connectivity index (χ1) is 12.6. The lowest BCUT2D eigenvalue weighted by Crippen LogP contribution is -1.87. The monoisotopic (exact) mass is 406 g/mol. The normalized spacial score (nSPS) is 11.4. The van der Waals surface area contributed by atoms with Gasteiger partial charge in [-0.1, -0.05) is 85.1 Å². The van der Waals surface area contributed by atoms with Gasteiger partial charge in [-0.2, -0.15) is 4.98 Å². The van der Waals surface area contributed by atoms with Crippen molar-refractivity contribution in [2.24, 2.45) is 0 Å². The van der Waals surface area contributed by atoms with Crippen LogP contribution in [0.5, 0.6) is 0 Å². The van der Waals surface area contributed by atoms with Gasteiger partial charge in [0.25, 0.3) is 0 Å². The molecular weight excluding hydrogens is 384 g/mol. The number of hydrogen-bond acceptors (Lipinski definition) is 8. The van der Waals surface area contributed by atoms with Gasteiger partial charge in [0.2, 0.25) is 5.89 Å². The third-order valence-corrected chi connectivity index (χ3v) is 6.95. The van der Waals surface area contributed by atoms with Gasteiger partial charge in [0.05, 0.1) is 5.75 Å². The molecule has 3 rings (SSSR count). The number of nitrogens with zero attached hydrogens (tertiary/aromatic N) is 4. The van der Waals surface area contributed by atoms with Crippen molar-refractivity contribution in [3.63, 3.8) is 0 Å². The van der Waals surface area contributed by atoms with E-state index in [0.717, 1.165) is 33.1 Å². The summed E-state index contributed by atoms with van der Waals surface area (Å²) in [6.45, 7) is 6.52. The summed E-state index contributed by atoms with van der Waals surface area (Å²) in [6.07, 6.45) is 1.87. The summed E-state index contributed by atoms with van der Waals surface area (Å²) >= 11 is 4.92. The Morgan fingerprint density at radius 3 is 2.38 bits per heavy atom. The van der Waals surface area contributed by atoms with Crippen LogP contribution in [0.2, 0.25) is 0 Å². The van der Waals surface area contributed by atoms with E-state index in [9.17, 15) is 0 Å². The van der Waals surface area contributed by atoms with E-state index in [1.807, 2.05) is 0 Å². The molecule has 1 aromatic carbocycles. The molecule has 0 saturated heterocycles. The minimum atomic E-state index is 0.566. The Bertz CT molecular complexity index is 814. The van der Waals surface area contributed by atoms with Crippen LogP contribution < -0.4 is 0 Å². The summed E-state index contributed by atoms with van der Waals surface area (Å²) < 4.78 is 7.16. The molecule has 138 valence electrons. The minimum Gasteiger partial charge on any atom is -0.338 e. The van der Waals surface area contributed by atoms with Gasteiger partial charge in [-0.05, 0) is 23.5 Å². The maximum absolute atomic E-state index is 5.25. The average Bonchev–Trinajstić information content (AvgIpc) is 3.28. The number of hydrogen-bond donors (Lipinski definition) is 0. The Morgan fingerprint density at radius 2 is 1.73 bits per heavy atom. The van der Waals surface area contributed by atoms with Crippen molar-refractivity contribution < 1.29 is 4.52 Å². The SMILES string of the molecule is CCCc1noc(CSc2nnc(SCc3ccc(C(C)C)cc3)s2)n1. The second kappa shape index (κ2) is 9.53. The Labute approximate surface area is 166 Å². The fourth-order valence-corrected chi connectivity index (χ4v) is 5.07. The Kier molecular flexibility index (Phi) is 7.10. The van der Waals surface area contributed by atoms with Crippen molar-refractivity contribution in [2.45, 2.75) is 59.7 Å². The first-order valence-corrected chi connectivity index (χ1v) is 11.4. The van der Waals surface area contributed by atoms with E-state index < -0.39 is 0 Å². The number of rotatable bonds is 9. The number of aromatic nitrogens is 4. The van der Waals surface area contributed by atoms with Gasteiger partial charge in [-0.15, -0.1) is 10.2 Å². The number of benzene rings is 1. The molecule has 0 saturated carbocycles. The molecule has 0 aliphatic heterocycles. The average molecular weight is 407 g/mol. The highest BCUT2D eigenvalue weighted by atomic mass is 32.2. The molecule has 26 heavy (non-hydrogen) atoms. The highest BCUT2D eigenvalue weighted by molar-refractivity contribution is 8.02. The summed E-state index contributed by atoms with van der Waals surface area (Å²) in [4.78, 5) is 4.37. The molecule has 0 unspecified atom stereocenters. The van der Waals surface area contributed by atoms with Crippen molar-refractivity contribution in [2.75, 3.05) is 0 Å². The Morgan fingerprint density at radius 1 is 1.04 bits per heavy atom. The molecule has 3 aromatic rings. The van der Waals surface area contributed by atoms with Crippen LogP contribution in [0.4, 0.5) is 0 Å². The smallest absolute Gasteiger partial charge is 0.237 e. The Balaban J connectivity index is 1.48. The van der Waals surface area contributed by atoms with E-state index in [1.165, 1.54) is 11.1 Å². The topological polar surface area (TPSA) is 64.7 Å². The standard InChI is InChI=1S/C18H22N4OS3/c1-4-5-15-19-16(23-22-15)11-25-18-21-20-17(26-18)24-10-13-6-8-14(9-7-13)12(2)3/h6-9,12H,4-5,10-11H2,1-3H3. The molecule has 2 aromatic heterocycles. The Hall–Kier alpha value is -1.38. The van der Waals surface area contributed by atoms with Crippen molar-refractivity contribution in [3.05, 3.63) is 47.1 Å². The van der Waals surface area contributed by atoms with Gasteiger partial charge in [0.1, 0.15) is 0 Å². The van der Waals surface area contributed by atoms with Crippen LogP contribution in [0.25, 0.3) is 0 Å². The third-order valence-electron chi connectivity index (χ3n) is 3.70. The van der Waals surface area contributed by atoms with E-state index >= 15 is 0 Å². The summed E-state index contributed by atoms with van der Waals surface area (Å²) in [6, 6.07) is 8.81. The first-order valence-electron chi connectivity index (χ1n) is 8.63. The van der Waals surface area contributed by atoms with Gasteiger partial charge >= 0.3 is 0 Å². The number of aryl methyl sites for hydroxylation is 1. The second-order valence-corrected chi connectivity index (χ2v) is 9.58. The molecule has 0 aliphatic carbocycles. The molecule has 0 amide bonds. The molecular formula is C18H22N4OS3. The lowest BCUT2D eigenvalue weighted by molar-refractivity contribution is 0.384. The van der Waals surface area contributed by atoms with Gasteiger partial charge in [0.15, 0.2) is 14.5 Å². The molecule has 0 atom stereocenters. The van der Waals surface area contributed by atoms with E-state index in [1.54, 1.807) is 34.9 Å². The second-order valence-electron chi connectivity index (χ2n) is 6.16. The maximum atomic E-state index is 5.25. The summed E-state index contributed by atoms with van der Waals surface area (Å²) in [5.41, 5.74) is 2.68. The van der Waals surface area contributed by atoms with Crippen molar-refractivity contribution >= 4 is 34.9 Å². The van der Waals surface area contributed by atoms with Crippen molar-refractivity contribution in [1.82, 2.24) is 20.3 Å². The molecule has 0 fully saturated rings. The van der Waals surface area contributed by atoms with E-state index in [-0.39, 0.29) is 0 Å². The van der Waals surface area contributed by atoms with E-state index in [4.69, 9.17) is 4.52 Å². The maximum Gasteiger partial charge on any atom is 0.237 e. The van der Waals surface area contributed by atoms with Crippen molar-refractivity contribution in [1.29, 1.82) is 0 Å². The minimum absolute atomic E-state index is 0.566. The predicted molar refractivity (Wildman–Crippen MR) is 108 cm³/mol. The molecule has 2 heterocycles. The van der Waals surface area contributed by atoms with Crippen LogP contribution in [0.1, 0.15) is 56.0 Å². The van der Waals surface area contributed by atoms with Crippen LogP contribution in [0.3, 0.4) is 0 Å². The van der Waals surface area contributed by atoms with Crippen LogP contribution in [-0.2, 0) is 17.9 Å². The fraction of sp³-hybridized carbons (Fsp3) is 0.444. The molecule has 0 bridgehead atoms. The lowest BCUT2D eigenvalue weighted by Gasteiger charge is -2.05. The lowest BCUT2D eigenvalue weighted by atomic mass is 10.0. The fourth-order valence-electron chi connectivity index (χ4n) is 2.26.